The number of aliphatic imine (C=N–C) groups is 1. The number of methoxy groups -OCH3 is 2. The Morgan fingerprint density at radius 1 is 1.16 bits per heavy atom. The van der Waals surface area contributed by atoms with Crippen LogP contribution in [0, 0.1) is 5.82 Å². The summed E-state index contributed by atoms with van der Waals surface area (Å²) in [6, 6.07) is 11.5. The van der Waals surface area contributed by atoms with Crippen molar-refractivity contribution >= 4 is 34.6 Å². The average Bonchev–Trinajstić information content (AvgIpc) is 2.96. The molecule has 0 atom stereocenters. The van der Waals surface area contributed by atoms with Crippen molar-refractivity contribution in [2.24, 2.45) is 4.99 Å². The van der Waals surface area contributed by atoms with Crippen molar-refractivity contribution in [2.75, 3.05) is 14.2 Å². The lowest BCUT2D eigenvalue weighted by Crippen LogP contribution is -2.19. The summed E-state index contributed by atoms with van der Waals surface area (Å²) in [7, 11) is 3.09. The summed E-state index contributed by atoms with van der Waals surface area (Å²) in [4.78, 5) is 16.9. The van der Waals surface area contributed by atoms with Gasteiger partial charge in [-0.15, -0.1) is 0 Å². The second kappa shape index (κ2) is 7.40. The number of ether oxygens (including phenoxy) is 2. The zero-order valence-corrected chi connectivity index (χ0v) is 14.4. The van der Waals surface area contributed by atoms with Crippen LogP contribution in [0.15, 0.2) is 52.4 Å². The molecule has 3 rings (SSSR count). The second-order valence-electron chi connectivity index (χ2n) is 5.04. The third-order valence-electron chi connectivity index (χ3n) is 3.45. The number of rotatable bonds is 4. The van der Waals surface area contributed by atoms with Crippen molar-refractivity contribution in [2.45, 2.75) is 0 Å². The molecule has 0 saturated carbocycles. The fourth-order valence-electron chi connectivity index (χ4n) is 2.20. The lowest BCUT2D eigenvalue weighted by Gasteiger charge is -2.07. The topological polar surface area (TPSA) is 59.9 Å². The molecule has 1 N–H and O–H groups in total. The van der Waals surface area contributed by atoms with Gasteiger partial charge < -0.3 is 14.8 Å². The normalized spacial score (nSPS) is 17.0. The number of benzene rings is 2. The van der Waals surface area contributed by atoms with Gasteiger partial charge in [0.1, 0.15) is 23.0 Å². The Morgan fingerprint density at radius 3 is 2.68 bits per heavy atom. The van der Waals surface area contributed by atoms with E-state index < -0.39 is 0 Å². The minimum Gasteiger partial charge on any atom is -0.497 e. The molecule has 0 aromatic heterocycles. The standard InChI is InChI=1S/C18H15FN2O3S/c1-23-12-7-8-14(15(10-12)24-2)20-18-21-17(22)16(25-18)9-11-5-3-4-6-13(11)19/h3-10H,1-2H3,(H,20,21,22)/b16-9-. The molecule has 128 valence electrons. The van der Waals surface area contributed by atoms with E-state index in [0.29, 0.717) is 32.8 Å². The number of halogens is 1. The van der Waals surface area contributed by atoms with Crippen molar-refractivity contribution in [3.8, 4) is 11.5 Å². The monoisotopic (exact) mass is 358 g/mol. The minimum absolute atomic E-state index is 0.320. The fraction of sp³-hybridized carbons (Fsp3) is 0.111. The molecular weight excluding hydrogens is 343 g/mol. The molecule has 1 saturated heterocycles. The van der Waals surface area contributed by atoms with E-state index in [1.54, 1.807) is 43.5 Å². The Balaban J connectivity index is 1.88. The van der Waals surface area contributed by atoms with Gasteiger partial charge in [-0.2, -0.15) is 0 Å². The molecule has 1 amide bonds. The molecule has 25 heavy (non-hydrogen) atoms. The van der Waals surface area contributed by atoms with Gasteiger partial charge in [-0.05, 0) is 36.0 Å². The van der Waals surface area contributed by atoms with Gasteiger partial charge in [0, 0.05) is 11.6 Å². The van der Waals surface area contributed by atoms with Crippen LogP contribution in [0.2, 0.25) is 0 Å². The molecule has 0 bridgehead atoms. The Hall–Kier alpha value is -2.80. The third-order valence-corrected chi connectivity index (χ3v) is 4.36. The van der Waals surface area contributed by atoms with Crippen LogP contribution in [0.1, 0.15) is 5.56 Å². The highest BCUT2D eigenvalue weighted by Crippen LogP contribution is 2.34. The van der Waals surface area contributed by atoms with Crippen LogP contribution >= 0.6 is 11.8 Å². The largest absolute Gasteiger partial charge is 0.497 e. The van der Waals surface area contributed by atoms with E-state index in [0.717, 1.165) is 11.8 Å². The molecule has 7 heteroatoms. The lowest BCUT2D eigenvalue weighted by atomic mass is 10.2. The van der Waals surface area contributed by atoms with Crippen molar-refractivity contribution in [1.82, 2.24) is 5.32 Å². The summed E-state index contributed by atoms with van der Waals surface area (Å²) in [5.74, 6) is 0.461. The number of nitrogens with one attached hydrogen (secondary N) is 1. The Labute approximate surface area is 148 Å². The molecule has 1 aliphatic rings. The number of thioether (sulfide) groups is 1. The van der Waals surface area contributed by atoms with E-state index in [1.165, 1.54) is 19.3 Å². The van der Waals surface area contributed by atoms with Crippen LogP contribution in [0.4, 0.5) is 10.1 Å². The van der Waals surface area contributed by atoms with Gasteiger partial charge >= 0.3 is 0 Å². The first kappa shape index (κ1) is 17.0. The van der Waals surface area contributed by atoms with E-state index in [9.17, 15) is 9.18 Å². The molecule has 1 heterocycles. The number of hydrogen-bond donors (Lipinski definition) is 1. The first-order valence-corrected chi connectivity index (χ1v) is 8.18. The predicted molar refractivity (Wildman–Crippen MR) is 96.8 cm³/mol. The predicted octanol–water partition coefficient (Wildman–Crippen LogP) is 3.73. The molecule has 2 aromatic rings. The average molecular weight is 358 g/mol. The summed E-state index contributed by atoms with van der Waals surface area (Å²) in [6.45, 7) is 0. The van der Waals surface area contributed by atoms with Gasteiger partial charge in [0.05, 0.1) is 19.1 Å². The number of carbonyl (C=O) groups excluding carboxylic acids is 1. The Bertz CT molecular complexity index is 880. The Kier molecular flexibility index (Phi) is 5.04. The highest BCUT2D eigenvalue weighted by molar-refractivity contribution is 8.18. The zero-order chi connectivity index (χ0) is 17.8. The molecule has 1 fully saturated rings. The summed E-state index contributed by atoms with van der Waals surface area (Å²) in [5.41, 5.74) is 0.904. The number of amidine groups is 1. The van der Waals surface area contributed by atoms with Crippen LogP contribution in [0.5, 0.6) is 11.5 Å². The van der Waals surface area contributed by atoms with Crippen molar-refractivity contribution in [1.29, 1.82) is 0 Å². The van der Waals surface area contributed by atoms with E-state index in [1.807, 2.05) is 0 Å². The molecule has 2 aromatic carbocycles. The highest BCUT2D eigenvalue weighted by atomic mass is 32.2. The van der Waals surface area contributed by atoms with Gasteiger partial charge in [-0.3, -0.25) is 4.79 Å². The molecule has 0 radical (unpaired) electrons. The summed E-state index contributed by atoms with van der Waals surface area (Å²) < 4.78 is 24.2. The van der Waals surface area contributed by atoms with Crippen LogP contribution in [0.25, 0.3) is 6.08 Å². The maximum absolute atomic E-state index is 13.7. The summed E-state index contributed by atoms with van der Waals surface area (Å²) in [5, 5.41) is 3.07. The fourth-order valence-corrected chi connectivity index (χ4v) is 3.03. The first-order chi connectivity index (χ1) is 12.1. The van der Waals surface area contributed by atoms with Crippen molar-refractivity contribution in [3.63, 3.8) is 0 Å². The molecular formula is C18H15FN2O3S. The lowest BCUT2D eigenvalue weighted by molar-refractivity contribution is -0.115. The van der Waals surface area contributed by atoms with Crippen LogP contribution in [-0.2, 0) is 4.79 Å². The summed E-state index contributed by atoms with van der Waals surface area (Å²) in [6.07, 6.45) is 1.50. The van der Waals surface area contributed by atoms with Gasteiger partial charge in [-0.25, -0.2) is 9.38 Å². The number of amides is 1. The molecule has 0 spiro atoms. The van der Waals surface area contributed by atoms with E-state index in [2.05, 4.69) is 10.3 Å². The summed E-state index contributed by atoms with van der Waals surface area (Å²) >= 11 is 1.14. The molecule has 1 aliphatic heterocycles. The van der Waals surface area contributed by atoms with Gasteiger partial charge in [0.2, 0.25) is 0 Å². The van der Waals surface area contributed by atoms with Gasteiger partial charge in [0.25, 0.3) is 5.91 Å². The van der Waals surface area contributed by atoms with E-state index >= 15 is 0 Å². The Morgan fingerprint density at radius 2 is 1.96 bits per heavy atom. The highest BCUT2D eigenvalue weighted by Gasteiger charge is 2.24. The molecule has 0 unspecified atom stereocenters. The molecule has 5 nitrogen and oxygen atoms in total. The van der Waals surface area contributed by atoms with Crippen LogP contribution in [0.3, 0.4) is 0 Å². The number of carbonyl (C=O) groups is 1. The first-order valence-electron chi connectivity index (χ1n) is 7.37. The maximum atomic E-state index is 13.7. The van der Waals surface area contributed by atoms with E-state index in [-0.39, 0.29) is 11.7 Å². The third kappa shape index (κ3) is 3.83. The minimum atomic E-state index is -0.384. The zero-order valence-electron chi connectivity index (χ0n) is 13.6. The van der Waals surface area contributed by atoms with Crippen molar-refractivity contribution < 1.29 is 18.7 Å². The van der Waals surface area contributed by atoms with Crippen LogP contribution < -0.4 is 14.8 Å². The SMILES string of the molecule is COc1ccc(N=C2NC(=O)/C(=C/c3ccccc3F)S2)c(OC)c1. The maximum Gasteiger partial charge on any atom is 0.264 e. The number of hydrogen-bond acceptors (Lipinski definition) is 5. The molecule has 0 aliphatic carbocycles. The number of nitrogens with zero attached hydrogens (tertiary/aromatic N) is 1. The van der Waals surface area contributed by atoms with E-state index in [4.69, 9.17) is 9.47 Å². The smallest absolute Gasteiger partial charge is 0.264 e. The second-order valence-corrected chi connectivity index (χ2v) is 6.07. The quantitative estimate of drug-likeness (QED) is 0.846. The van der Waals surface area contributed by atoms with Gasteiger partial charge in [0.15, 0.2) is 5.17 Å². The van der Waals surface area contributed by atoms with Crippen molar-refractivity contribution in [3.05, 3.63) is 58.8 Å². The van der Waals surface area contributed by atoms with Gasteiger partial charge in [-0.1, -0.05) is 18.2 Å². The van der Waals surface area contributed by atoms with Crippen LogP contribution in [-0.4, -0.2) is 25.3 Å².